The van der Waals surface area contributed by atoms with Gasteiger partial charge in [0.2, 0.25) is 0 Å². The fourth-order valence-electron chi connectivity index (χ4n) is 2.50. The first kappa shape index (κ1) is 17.2. The van der Waals surface area contributed by atoms with Crippen LogP contribution in [0.2, 0.25) is 0 Å². The molecule has 0 saturated carbocycles. The van der Waals surface area contributed by atoms with Gasteiger partial charge in [0.15, 0.2) is 11.9 Å². The first-order valence-corrected chi connectivity index (χ1v) is 8.47. The van der Waals surface area contributed by atoms with Crippen LogP contribution < -0.4 is 10.1 Å². The van der Waals surface area contributed by atoms with Crippen LogP contribution in [-0.2, 0) is 6.42 Å². The lowest BCUT2D eigenvalue weighted by atomic mass is 10.1. The molecule has 0 bridgehead atoms. The highest BCUT2D eigenvalue weighted by atomic mass is 16.5. The van der Waals surface area contributed by atoms with Crippen LogP contribution in [0.3, 0.4) is 0 Å². The molecule has 2 atom stereocenters. The molecule has 1 aromatic heterocycles. The van der Waals surface area contributed by atoms with Crippen molar-refractivity contribution in [1.29, 1.82) is 0 Å². The molecule has 0 aliphatic carbocycles. The molecular formula is C20H23N3O2. The van der Waals surface area contributed by atoms with Crippen molar-refractivity contribution in [2.75, 3.05) is 7.05 Å². The molecule has 5 nitrogen and oxygen atoms in total. The summed E-state index contributed by atoms with van der Waals surface area (Å²) in [5.41, 5.74) is 2.34. The fraction of sp³-hybridized carbons (Fsp3) is 0.300. The molecule has 1 heterocycles. The highest BCUT2D eigenvalue weighted by Crippen LogP contribution is 2.25. The van der Waals surface area contributed by atoms with Crippen LogP contribution in [0.25, 0.3) is 11.1 Å². The predicted octanol–water partition coefficient (Wildman–Crippen LogP) is 4.03. The minimum atomic E-state index is -0.297. The van der Waals surface area contributed by atoms with Gasteiger partial charge in [-0.1, -0.05) is 47.6 Å². The van der Waals surface area contributed by atoms with E-state index in [0.717, 1.165) is 17.7 Å². The molecule has 0 radical (unpaired) electrons. The number of hydrogen-bond donors (Lipinski definition) is 1. The Balaban J connectivity index is 1.64. The Morgan fingerprint density at radius 3 is 2.36 bits per heavy atom. The van der Waals surface area contributed by atoms with E-state index in [4.69, 9.17) is 9.26 Å². The maximum Gasteiger partial charge on any atom is 0.267 e. The molecule has 0 saturated heterocycles. The van der Waals surface area contributed by atoms with Gasteiger partial charge in [0.25, 0.3) is 5.89 Å². The van der Waals surface area contributed by atoms with E-state index in [9.17, 15) is 0 Å². The third-order valence-electron chi connectivity index (χ3n) is 4.09. The second-order valence-corrected chi connectivity index (χ2v) is 6.09. The molecule has 3 aromatic rings. The molecule has 130 valence electrons. The Morgan fingerprint density at radius 1 is 1.00 bits per heavy atom. The molecule has 5 heteroatoms. The van der Waals surface area contributed by atoms with Crippen LogP contribution in [0.1, 0.15) is 31.7 Å². The zero-order valence-electron chi connectivity index (χ0n) is 14.8. The maximum atomic E-state index is 5.92. The molecule has 0 spiro atoms. The van der Waals surface area contributed by atoms with Crippen molar-refractivity contribution in [3.8, 4) is 16.9 Å². The minimum Gasteiger partial charge on any atom is -0.481 e. The molecule has 0 aliphatic rings. The summed E-state index contributed by atoms with van der Waals surface area (Å²) < 4.78 is 11.2. The lowest BCUT2D eigenvalue weighted by Gasteiger charge is -2.11. The summed E-state index contributed by atoms with van der Waals surface area (Å²) in [5.74, 6) is 1.95. The summed E-state index contributed by atoms with van der Waals surface area (Å²) in [4.78, 5) is 4.42. The Kier molecular flexibility index (Phi) is 5.46. The number of nitrogens with one attached hydrogen (secondary N) is 1. The Hall–Kier alpha value is -2.66. The zero-order valence-corrected chi connectivity index (χ0v) is 14.8. The summed E-state index contributed by atoms with van der Waals surface area (Å²) in [6.07, 6.45) is 0.423. The van der Waals surface area contributed by atoms with E-state index in [-0.39, 0.29) is 6.10 Å². The molecule has 25 heavy (non-hydrogen) atoms. The molecular weight excluding hydrogens is 314 g/mol. The van der Waals surface area contributed by atoms with E-state index in [0.29, 0.717) is 17.8 Å². The first-order valence-electron chi connectivity index (χ1n) is 8.47. The summed E-state index contributed by atoms with van der Waals surface area (Å²) in [5, 5.41) is 7.17. The highest BCUT2D eigenvalue weighted by Gasteiger charge is 2.17. The van der Waals surface area contributed by atoms with E-state index in [1.165, 1.54) is 5.56 Å². The topological polar surface area (TPSA) is 60.2 Å². The lowest BCUT2D eigenvalue weighted by Crippen LogP contribution is -2.24. The van der Waals surface area contributed by atoms with E-state index in [1.807, 2.05) is 56.4 Å². The van der Waals surface area contributed by atoms with Gasteiger partial charge in [-0.25, -0.2) is 0 Å². The number of nitrogens with zero attached hydrogens (tertiary/aromatic N) is 2. The molecule has 2 unspecified atom stereocenters. The quantitative estimate of drug-likeness (QED) is 0.705. The van der Waals surface area contributed by atoms with Crippen molar-refractivity contribution < 1.29 is 9.26 Å². The van der Waals surface area contributed by atoms with Crippen LogP contribution >= 0.6 is 0 Å². The monoisotopic (exact) mass is 337 g/mol. The maximum absolute atomic E-state index is 5.92. The Morgan fingerprint density at radius 2 is 1.68 bits per heavy atom. The summed E-state index contributed by atoms with van der Waals surface area (Å²) >= 11 is 0. The van der Waals surface area contributed by atoms with Crippen molar-refractivity contribution in [1.82, 2.24) is 15.5 Å². The van der Waals surface area contributed by atoms with Crippen molar-refractivity contribution >= 4 is 0 Å². The number of ether oxygens (including phenoxy) is 1. The molecule has 3 rings (SSSR count). The molecule has 0 fully saturated rings. The van der Waals surface area contributed by atoms with Gasteiger partial charge in [0.05, 0.1) is 0 Å². The summed E-state index contributed by atoms with van der Waals surface area (Å²) in [6.45, 7) is 3.98. The van der Waals surface area contributed by atoms with E-state index in [2.05, 4.69) is 34.5 Å². The van der Waals surface area contributed by atoms with Crippen molar-refractivity contribution in [2.45, 2.75) is 32.4 Å². The third kappa shape index (κ3) is 4.45. The van der Waals surface area contributed by atoms with E-state index < -0.39 is 0 Å². The SMILES string of the molecule is CNC(C)Cc1noc(C(C)Oc2ccc(-c3ccccc3)cc2)n1. The van der Waals surface area contributed by atoms with Gasteiger partial charge in [0.1, 0.15) is 5.75 Å². The average molecular weight is 337 g/mol. The second-order valence-electron chi connectivity index (χ2n) is 6.09. The first-order chi connectivity index (χ1) is 12.2. The number of likely N-dealkylation sites (N-methyl/N-ethyl adjacent to an activating group) is 1. The Bertz CT molecular complexity index is 784. The largest absolute Gasteiger partial charge is 0.481 e. The van der Waals surface area contributed by atoms with Crippen LogP contribution in [0, 0.1) is 0 Å². The van der Waals surface area contributed by atoms with Gasteiger partial charge >= 0.3 is 0 Å². The highest BCUT2D eigenvalue weighted by molar-refractivity contribution is 5.63. The van der Waals surface area contributed by atoms with Gasteiger partial charge in [-0.2, -0.15) is 4.98 Å². The van der Waals surface area contributed by atoms with Crippen LogP contribution in [-0.4, -0.2) is 23.2 Å². The number of rotatable bonds is 7. The van der Waals surface area contributed by atoms with Crippen LogP contribution in [0.5, 0.6) is 5.75 Å². The molecule has 1 N–H and O–H groups in total. The normalized spacial score (nSPS) is 13.4. The van der Waals surface area contributed by atoms with Crippen LogP contribution in [0.15, 0.2) is 59.1 Å². The predicted molar refractivity (Wildman–Crippen MR) is 97.4 cm³/mol. The number of hydrogen-bond acceptors (Lipinski definition) is 5. The Labute approximate surface area is 148 Å². The molecule has 0 aliphatic heterocycles. The van der Waals surface area contributed by atoms with Crippen LogP contribution in [0.4, 0.5) is 0 Å². The van der Waals surface area contributed by atoms with Gasteiger partial charge in [-0.15, -0.1) is 0 Å². The smallest absolute Gasteiger partial charge is 0.267 e. The van der Waals surface area contributed by atoms with Crippen molar-refractivity contribution in [3.05, 3.63) is 66.3 Å². The van der Waals surface area contributed by atoms with Gasteiger partial charge in [-0.05, 0) is 44.2 Å². The average Bonchev–Trinajstić information content (AvgIpc) is 3.11. The number of aromatic nitrogens is 2. The molecule has 0 amide bonds. The van der Waals surface area contributed by atoms with Gasteiger partial charge in [-0.3, -0.25) is 0 Å². The summed E-state index contributed by atoms with van der Waals surface area (Å²) in [7, 11) is 1.91. The van der Waals surface area contributed by atoms with Crippen molar-refractivity contribution in [3.63, 3.8) is 0 Å². The third-order valence-corrected chi connectivity index (χ3v) is 4.09. The van der Waals surface area contributed by atoms with Gasteiger partial charge < -0.3 is 14.6 Å². The lowest BCUT2D eigenvalue weighted by molar-refractivity contribution is 0.175. The standard InChI is InChI=1S/C20H23N3O2/c1-14(21-3)13-19-22-20(25-23-19)15(2)24-18-11-9-17(10-12-18)16-7-5-4-6-8-16/h4-12,14-15,21H,13H2,1-3H3. The summed E-state index contributed by atoms with van der Waals surface area (Å²) in [6, 6.07) is 18.6. The zero-order chi connectivity index (χ0) is 17.6. The second kappa shape index (κ2) is 7.94. The fourth-order valence-corrected chi connectivity index (χ4v) is 2.50. The molecule has 2 aromatic carbocycles. The number of benzene rings is 2. The van der Waals surface area contributed by atoms with Gasteiger partial charge in [0, 0.05) is 12.5 Å². The van der Waals surface area contributed by atoms with E-state index >= 15 is 0 Å². The van der Waals surface area contributed by atoms with E-state index in [1.54, 1.807) is 0 Å². The van der Waals surface area contributed by atoms with Crippen molar-refractivity contribution in [2.24, 2.45) is 0 Å². The minimum absolute atomic E-state index is 0.297.